The molecule has 1 saturated carbocycles. The van der Waals surface area contributed by atoms with Gasteiger partial charge in [0.1, 0.15) is 0 Å². The summed E-state index contributed by atoms with van der Waals surface area (Å²) in [6, 6.07) is 0.542. The molecule has 4 nitrogen and oxygen atoms in total. The van der Waals surface area contributed by atoms with Crippen LogP contribution < -0.4 is 11.1 Å². The van der Waals surface area contributed by atoms with Crippen LogP contribution in [0.4, 0.5) is 11.1 Å². The number of nitrogens with zero attached hydrogens (tertiary/aromatic N) is 2. The number of anilines is 2. The lowest BCUT2D eigenvalue weighted by Crippen LogP contribution is -2.26. The summed E-state index contributed by atoms with van der Waals surface area (Å²) in [5.74, 6) is 1.10. The molecule has 0 radical (unpaired) electrons. The van der Waals surface area contributed by atoms with Gasteiger partial charge in [0.05, 0.1) is 0 Å². The second-order valence-electron chi connectivity index (χ2n) is 4.32. The first-order valence-electron chi connectivity index (χ1n) is 5.61. The molecule has 0 amide bonds. The van der Waals surface area contributed by atoms with Gasteiger partial charge in [-0.2, -0.15) is 9.36 Å². The minimum atomic E-state index is 0.378. The zero-order valence-corrected chi connectivity index (χ0v) is 9.89. The molecule has 0 aromatic carbocycles. The van der Waals surface area contributed by atoms with Crippen molar-refractivity contribution in [2.24, 2.45) is 5.92 Å². The van der Waals surface area contributed by atoms with Crippen molar-refractivity contribution in [2.45, 2.75) is 45.1 Å². The van der Waals surface area contributed by atoms with Crippen molar-refractivity contribution >= 4 is 22.6 Å². The molecule has 15 heavy (non-hydrogen) atoms. The third-order valence-electron chi connectivity index (χ3n) is 3.11. The zero-order valence-electron chi connectivity index (χ0n) is 9.07. The van der Waals surface area contributed by atoms with E-state index in [0.717, 1.165) is 11.0 Å². The van der Waals surface area contributed by atoms with E-state index in [1.165, 1.54) is 43.6 Å². The van der Waals surface area contributed by atoms with Crippen LogP contribution in [0, 0.1) is 5.92 Å². The van der Waals surface area contributed by atoms with Gasteiger partial charge in [0.15, 0.2) is 0 Å². The summed E-state index contributed by atoms with van der Waals surface area (Å²) < 4.78 is 3.98. The lowest BCUT2D eigenvalue weighted by atomic mass is 9.97. The Balaban J connectivity index is 1.97. The van der Waals surface area contributed by atoms with Crippen molar-refractivity contribution in [3.63, 3.8) is 0 Å². The Hall–Kier alpha value is -0.840. The average Bonchev–Trinajstić information content (AvgIpc) is 2.50. The van der Waals surface area contributed by atoms with Crippen molar-refractivity contribution in [2.75, 3.05) is 11.1 Å². The molecule has 1 heterocycles. The molecule has 0 saturated heterocycles. The SMILES string of the molecule is CC1CCCCCC1Nc1nc(N)ns1. The van der Waals surface area contributed by atoms with Crippen LogP contribution in [0.15, 0.2) is 0 Å². The molecule has 0 bridgehead atoms. The summed E-state index contributed by atoms with van der Waals surface area (Å²) in [5.41, 5.74) is 5.50. The second kappa shape index (κ2) is 4.79. The first-order valence-corrected chi connectivity index (χ1v) is 6.39. The van der Waals surface area contributed by atoms with Crippen LogP contribution in [0.1, 0.15) is 39.0 Å². The molecule has 1 aromatic rings. The quantitative estimate of drug-likeness (QED) is 0.760. The summed E-state index contributed by atoms with van der Waals surface area (Å²) in [6.45, 7) is 2.31. The first kappa shape index (κ1) is 10.7. The van der Waals surface area contributed by atoms with Crippen LogP contribution in [-0.2, 0) is 0 Å². The van der Waals surface area contributed by atoms with Gasteiger partial charge in [-0.25, -0.2) is 0 Å². The molecule has 5 heteroatoms. The molecule has 2 unspecified atom stereocenters. The molecule has 2 atom stereocenters. The van der Waals surface area contributed by atoms with Gasteiger partial charge in [0.25, 0.3) is 0 Å². The fraction of sp³-hybridized carbons (Fsp3) is 0.800. The van der Waals surface area contributed by atoms with Crippen molar-refractivity contribution in [3.8, 4) is 0 Å². The summed E-state index contributed by atoms with van der Waals surface area (Å²) in [5, 5.41) is 4.32. The average molecular weight is 226 g/mol. The van der Waals surface area contributed by atoms with Gasteiger partial charge in [-0.3, -0.25) is 0 Å². The lowest BCUT2D eigenvalue weighted by molar-refractivity contribution is 0.456. The molecule has 3 N–H and O–H groups in total. The van der Waals surface area contributed by atoms with Crippen LogP contribution in [0.3, 0.4) is 0 Å². The molecule has 84 valence electrons. The highest BCUT2D eigenvalue weighted by molar-refractivity contribution is 7.09. The van der Waals surface area contributed by atoms with Gasteiger partial charge in [-0.05, 0) is 18.8 Å². The van der Waals surface area contributed by atoms with E-state index in [-0.39, 0.29) is 0 Å². The Labute approximate surface area is 94.5 Å². The third kappa shape index (κ3) is 2.81. The molecule has 1 aliphatic rings. The van der Waals surface area contributed by atoms with E-state index < -0.39 is 0 Å². The number of nitrogens with two attached hydrogens (primary N) is 1. The van der Waals surface area contributed by atoms with E-state index in [9.17, 15) is 0 Å². The summed E-state index contributed by atoms with van der Waals surface area (Å²) in [4.78, 5) is 4.14. The van der Waals surface area contributed by atoms with E-state index in [0.29, 0.717) is 12.0 Å². The maximum Gasteiger partial charge on any atom is 0.233 e. The normalized spacial score (nSPS) is 27.3. The van der Waals surface area contributed by atoms with Gasteiger partial charge in [0.2, 0.25) is 11.1 Å². The predicted molar refractivity (Wildman–Crippen MR) is 64.0 cm³/mol. The third-order valence-corrected chi connectivity index (χ3v) is 3.77. The first-order chi connectivity index (χ1) is 7.25. The summed E-state index contributed by atoms with van der Waals surface area (Å²) in [7, 11) is 0. The zero-order chi connectivity index (χ0) is 10.7. The molecule has 2 rings (SSSR count). The number of hydrogen-bond acceptors (Lipinski definition) is 5. The van der Waals surface area contributed by atoms with Crippen molar-refractivity contribution in [1.29, 1.82) is 0 Å². The van der Waals surface area contributed by atoms with E-state index in [4.69, 9.17) is 5.73 Å². The molecule has 0 spiro atoms. The van der Waals surface area contributed by atoms with Crippen LogP contribution in [0.2, 0.25) is 0 Å². The van der Waals surface area contributed by atoms with Crippen molar-refractivity contribution in [1.82, 2.24) is 9.36 Å². The highest BCUT2D eigenvalue weighted by Gasteiger charge is 2.20. The van der Waals surface area contributed by atoms with Gasteiger partial charge in [-0.1, -0.05) is 26.2 Å². The Morgan fingerprint density at radius 1 is 1.33 bits per heavy atom. The Kier molecular flexibility index (Phi) is 3.41. The number of rotatable bonds is 2. The van der Waals surface area contributed by atoms with Gasteiger partial charge >= 0.3 is 0 Å². The van der Waals surface area contributed by atoms with Gasteiger partial charge in [0, 0.05) is 17.6 Å². The minimum absolute atomic E-state index is 0.378. The Morgan fingerprint density at radius 3 is 2.87 bits per heavy atom. The van der Waals surface area contributed by atoms with Crippen LogP contribution in [0.25, 0.3) is 0 Å². The van der Waals surface area contributed by atoms with E-state index in [1.54, 1.807) is 0 Å². The summed E-state index contributed by atoms with van der Waals surface area (Å²) >= 11 is 1.35. The monoisotopic (exact) mass is 226 g/mol. The maximum absolute atomic E-state index is 5.50. The molecular weight excluding hydrogens is 208 g/mol. The smallest absolute Gasteiger partial charge is 0.233 e. The minimum Gasteiger partial charge on any atom is -0.367 e. The number of nitrogens with one attached hydrogen (secondary N) is 1. The van der Waals surface area contributed by atoms with Gasteiger partial charge in [-0.15, -0.1) is 0 Å². The van der Waals surface area contributed by atoms with Gasteiger partial charge < -0.3 is 11.1 Å². The predicted octanol–water partition coefficient (Wildman–Crippen LogP) is 2.50. The van der Waals surface area contributed by atoms with E-state index in [1.807, 2.05) is 0 Å². The topological polar surface area (TPSA) is 63.8 Å². The largest absolute Gasteiger partial charge is 0.367 e. The van der Waals surface area contributed by atoms with Crippen molar-refractivity contribution in [3.05, 3.63) is 0 Å². The number of aromatic nitrogens is 2. The van der Waals surface area contributed by atoms with E-state index >= 15 is 0 Å². The summed E-state index contributed by atoms with van der Waals surface area (Å²) in [6.07, 6.45) is 6.58. The number of nitrogen functional groups attached to an aromatic ring is 1. The Morgan fingerprint density at radius 2 is 2.13 bits per heavy atom. The van der Waals surface area contributed by atoms with Crippen molar-refractivity contribution < 1.29 is 0 Å². The molecule has 1 aliphatic carbocycles. The van der Waals surface area contributed by atoms with E-state index in [2.05, 4.69) is 21.6 Å². The molecule has 1 aromatic heterocycles. The van der Waals surface area contributed by atoms with Crippen LogP contribution in [-0.4, -0.2) is 15.4 Å². The number of hydrogen-bond donors (Lipinski definition) is 2. The maximum atomic E-state index is 5.50. The molecule has 0 aliphatic heterocycles. The standard InChI is InChI=1S/C10H18N4S/c1-7-5-3-2-4-6-8(7)12-10-13-9(11)14-15-10/h7-8H,2-6H2,1H3,(H3,11,12,13,14). The molecule has 1 fully saturated rings. The van der Waals surface area contributed by atoms with Crippen LogP contribution >= 0.6 is 11.5 Å². The lowest BCUT2D eigenvalue weighted by Gasteiger charge is -2.21. The highest BCUT2D eigenvalue weighted by atomic mass is 32.1. The fourth-order valence-corrected chi connectivity index (χ4v) is 2.72. The molecular formula is C10H18N4S. The second-order valence-corrected chi connectivity index (χ2v) is 5.08. The Bertz CT molecular complexity index is 312. The van der Waals surface area contributed by atoms with Crippen LogP contribution in [0.5, 0.6) is 0 Å². The fourth-order valence-electron chi connectivity index (χ4n) is 2.16. The highest BCUT2D eigenvalue weighted by Crippen LogP contribution is 2.26.